The number of aromatic amines is 1. The molecule has 0 amide bonds. The molecule has 1 aliphatic rings. The standard InChI is InChI=1S/C11H18N2O2S2/c1-8(2)10-6-12-11(16)13(10)9-4-3-5-17(14,15)7-9/h6,8-9H,3-5,7H2,1-2H3,(H,12,16). The molecule has 1 N–H and O–H groups in total. The lowest BCUT2D eigenvalue weighted by molar-refractivity contribution is 0.450. The number of hydrogen-bond donors (Lipinski definition) is 1. The number of hydrogen-bond acceptors (Lipinski definition) is 3. The van der Waals surface area contributed by atoms with Gasteiger partial charge >= 0.3 is 0 Å². The summed E-state index contributed by atoms with van der Waals surface area (Å²) in [7, 11) is -2.90. The monoisotopic (exact) mass is 274 g/mol. The van der Waals surface area contributed by atoms with Crippen molar-refractivity contribution >= 4 is 22.1 Å². The fourth-order valence-electron chi connectivity index (χ4n) is 2.42. The maximum absolute atomic E-state index is 11.7. The van der Waals surface area contributed by atoms with Crippen molar-refractivity contribution in [2.75, 3.05) is 11.5 Å². The number of nitrogens with zero attached hydrogens (tertiary/aromatic N) is 1. The van der Waals surface area contributed by atoms with Gasteiger partial charge in [-0.25, -0.2) is 8.42 Å². The summed E-state index contributed by atoms with van der Waals surface area (Å²) in [4.78, 5) is 3.03. The number of rotatable bonds is 2. The highest BCUT2D eigenvalue weighted by Crippen LogP contribution is 2.27. The van der Waals surface area contributed by atoms with Gasteiger partial charge in [-0.05, 0) is 31.0 Å². The second kappa shape index (κ2) is 4.57. The topological polar surface area (TPSA) is 54.9 Å². The average molecular weight is 274 g/mol. The molecule has 6 heteroatoms. The summed E-state index contributed by atoms with van der Waals surface area (Å²) in [5, 5.41) is 0. The lowest BCUT2D eigenvalue weighted by Crippen LogP contribution is -2.28. The Morgan fingerprint density at radius 1 is 1.53 bits per heavy atom. The first-order chi connectivity index (χ1) is 7.91. The Bertz CT molecular complexity index is 554. The van der Waals surface area contributed by atoms with E-state index in [1.807, 2.05) is 10.8 Å². The van der Waals surface area contributed by atoms with Crippen LogP contribution in [0.5, 0.6) is 0 Å². The van der Waals surface area contributed by atoms with Gasteiger partial charge in [0.05, 0.1) is 17.5 Å². The van der Waals surface area contributed by atoms with Gasteiger partial charge < -0.3 is 9.55 Å². The summed E-state index contributed by atoms with van der Waals surface area (Å²) in [6.07, 6.45) is 3.52. The Labute approximate surface area is 107 Å². The van der Waals surface area contributed by atoms with Crippen molar-refractivity contribution in [3.05, 3.63) is 16.7 Å². The molecule has 1 aliphatic heterocycles. The van der Waals surface area contributed by atoms with E-state index in [1.54, 1.807) is 0 Å². The summed E-state index contributed by atoms with van der Waals surface area (Å²) in [6, 6.07) is 0.00454. The molecule has 1 saturated heterocycles. The molecular formula is C11H18N2O2S2. The predicted molar refractivity (Wildman–Crippen MR) is 70.6 cm³/mol. The molecule has 2 rings (SSSR count). The Morgan fingerprint density at radius 3 is 2.82 bits per heavy atom. The van der Waals surface area contributed by atoms with E-state index in [0.29, 0.717) is 16.4 Å². The van der Waals surface area contributed by atoms with Gasteiger partial charge in [-0.1, -0.05) is 13.8 Å². The fourth-order valence-corrected chi connectivity index (χ4v) is 4.40. The molecule has 0 radical (unpaired) electrons. The molecule has 0 saturated carbocycles. The van der Waals surface area contributed by atoms with Crippen LogP contribution in [0.2, 0.25) is 0 Å². The maximum Gasteiger partial charge on any atom is 0.177 e. The van der Waals surface area contributed by atoms with Gasteiger partial charge in [-0.2, -0.15) is 0 Å². The van der Waals surface area contributed by atoms with Crippen molar-refractivity contribution in [2.45, 2.75) is 38.6 Å². The number of imidazole rings is 1. The van der Waals surface area contributed by atoms with E-state index in [2.05, 4.69) is 18.8 Å². The zero-order valence-electron chi connectivity index (χ0n) is 10.1. The van der Waals surface area contributed by atoms with Crippen molar-refractivity contribution in [3.8, 4) is 0 Å². The highest BCUT2D eigenvalue weighted by Gasteiger charge is 2.28. The van der Waals surface area contributed by atoms with Crippen molar-refractivity contribution in [1.82, 2.24) is 9.55 Å². The SMILES string of the molecule is CC(C)c1c[nH]c(=S)n1C1CCCS(=O)(=O)C1. The number of sulfone groups is 1. The van der Waals surface area contributed by atoms with Gasteiger partial charge in [-0.3, -0.25) is 0 Å². The van der Waals surface area contributed by atoms with E-state index in [1.165, 1.54) is 0 Å². The van der Waals surface area contributed by atoms with Crippen LogP contribution in [-0.4, -0.2) is 29.5 Å². The van der Waals surface area contributed by atoms with E-state index in [4.69, 9.17) is 12.2 Å². The first kappa shape index (κ1) is 12.8. The highest BCUT2D eigenvalue weighted by atomic mass is 32.2. The van der Waals surface area contributed by atoms with Crippen LogP contribution in [0, 0.1) is 4.77 Å². The molecule has 1 aromatic rings. The summed E-state index contributed by atoms with van der Waals surface area (Å²) in [5.41, 5.74) is 1.09. The minimum absolute atomic E-state index is 0.00454. The van der Waals surface area contributed by atoms with Crippen LogP contribution < -0.4 is 0 Å². The van der Waals surface area contributed by atoms with Crippen molar-refractivity contribution < 1.29 is 8.42 Å². The molecule has 2 heterocycles. The zero-order valence-corrected chi connectivity index (χ0v) is 11.8. The Kier molecular flexibility index (Phi) is 3.45. The fraction of sp³-hybridized carbons (Fsp3) is 0.727. The van der Waals surface area contributed by atoms with E-state index < -0.39 is 9.84 Å². The Hall–Kier alpha value is -0.620. The molecule has 0 aromatic carbocycles. The van der Waals surface area contributed by atoms with Gasteiger partial charge in [0.25, 0.3) is 0 Å². The third kappa shape index (κ3) is 2.63. The molecule has 1 unspecified atom stereocenters. The van der Waals surface area contributed by atoms with Crippen LogP contribution in [-0.2, 0) is 9.84 Å². The van der Waals surface area contributed by atoms with Crippen molar-refractivity contribution in [3.63, 3.8) is 0 Å². The van der Waals surface area contributed by atoms with Gasteiger partial charge in [0.15, 0.2) is 14.6 Å². The third-order valence-corrected chi connectivity index (χ3v) is 5.35. The van der Waals surface area contributed by atoms with Crippen LogP contribution in [0.4, 0.5) is 0 Å². The van der Waals surface area contributed by atoms with Gasteiger partial charge in [0.1, 0.15) is 0 Å². The lowest BCUT2D eigenvalue weighted by Gasteiger charge is -2.25. The summed E-state index contributed by atoms with van der Waals surface area (Å²) >= 11 is 5.26. The van der Waals surface area contributed by atoms with E-state index >= 15 is 0 Å². The van der Waals surface area contributed by atoms with Crippen LogP contribution >= 0.6 is 12.2 Å². The minimum atomic E-state index is -2.90. The zero-order chi connectivity index (χ0) is 12.6. The second-order valence-electron chi connectivity index (χ2n) is 4.95. The van der Waals surface area contributed by atoms with Crippen molar-refractivity contribution in [1.29, 1.82) is 0 Å². The number of H-pyrrole nitrogens is 1. The molecule has 4 nitrogen and oxygen atoms in total. The molecule has 96 valence electrons. The second-order valence-corrected chi connectivity index (χ2v) is 7.57. The largest absolute Gasteiger partial charge is 0.337 e. The van der Waals surface area contributed by atoms with Gasteiger partial charge in [0, 0.05) is 11.9 Å². The van der Waals surface area contributed by atoms with Crippen LogP contribution in [0.25, 0.3) is 0 Å². The number of aromatic nitrogens is 2. The summed E-state index contributed by atoms with van der Waals surface area (Å²) < 4.78 is 26.0. The Balaban J connectivity index is 2.40. The lowest BCUT2D eigenvalue weighted by atomic mass is 10.1. The van der Waals surface area contributed by atoms with E-state index in [-0.39, 0.29) is 11.8 Å². The molecule has 0 spiro atoms. The molecule has 0 bridgehead atoms. The van der Waals surface area contributed by atoms with Gasteiger partial charge in [0.2, 0.25) is 0 Å². The van der Waals surface area contributed by atoms with Crippen molar-refractivity contribution in [2.24, 2.45) is 0 Å². The molecule has 1 atom stereocenters. The van der Waals surface area contributed by atoms with E-state index in [0.717, 1.165) is 18.5 Å². The molecule has 17 heavy (non-hydrogen) atoms. The van der Waals surface area contributed by atoms with Crippen LogP contribution in [0.15, 0.2) is 6.20 Å². The Morgan fingerprint density at radius 2 is 2.24 bits per heavy atom. The van der Waals surface area contributed by atoms with Crippen LogP contribution in [0.1, 0.15) is 44.3 Å². The average Bonchev–Trinajstić information content (AvgIpc) is 2.58. The number of nitrogens with one attached hydrogen (secondary N) is 1. The van der Waals surface area contributed by atoms with Gasteiger partial charge in [-0.15, -0.1) is 0 Å². The quantitative estimate of drug-likeness (QED) is 0.843. The predicted octanol–water partition coefficient (Wildman–Crippen LogP) is 2.42. The minimum Gasteiger partial charge on any atom is -0.337 e. The smallest absolute Gasteiger partial charge is 0.177 e. The normalized spacial score (nSPS) is 24.1. The third-order valence-electron chi connectivity index (χ3n) is 3.24. The molecule has 1 aromatic heterocycles. The molecular weight excluding hydrogens is 256 g/mol. The first-order valence-corrected chi connectivity index (χ1v) is 8.14. The summed E-state index contributed by atoms with van der Waals surface area (Å²) in [5.74, 6) is 0.879. The highest BCUT2D eigenvalue weighted by molar-refractivity contribution is 7.91. The summed E-state index contributed by atoms with van der Waals surface area (Å²) in [6.45, 7) is 4.18. The first-order valence-electron chi connectivity index (χ1n) is 5.91. The maximum atomic E-state index is 11.7. The van der Waals surface area contributed by atoms with Crippen LogP contribution in [0.3, 0.4) is 0 Å². The molecule has 1 fully saturated rings. The van der Waals surface area contributed by atoms with E-state index in [9.17, 15) is 8.42 Å². The molecule has 0 aliphatic carbocycles.